The molecule has 0 heterocycles. The second-order valence-corrected chi connectivity index (χ2v) is 9.81. The third kappa shape index (κ3) is 13.5. The van der Waals surface area contributed by atoms with Gasteiger partial charge >= 0.3 is 69.5 Å². The van der Waals surface area contributed by atoms with Gasteiger partial charge in [-0.3, -0.25) is 0 Å². The summed E-state index contributed by atoms with van der Waals surface area (Å²) in [7, 11) is 0. The van der Waals surface area contributed by atoms with Crippen molar-refractivity contribution >= 4 is 21.1 Å². The summed E-state index contributed by atoms with van der Waals surface area (Å²) >= 11 is 0.149. The maximum Gasteiger partial charge on any atom is -0.0533 e. The molecule has 0 aromatic heterocycles. The molecule has 112 valence electrons. The van der Waals surface area contributed by atoms with Gasteiger partial charge in [-0.1, -0.05) is 38.5 Å². The summed E-state index contributed by atoms with van der Waals surface area (Å²) in [5.74, 6) is 0. The van der Waals surface area contributed by atoms with E-state index in [2.05, 4.69) is 13.8 Å². The Hall–Kier alpha value is 0.719. The Morgan fingerprint density at radius 3 is 1.58 bits per heavy atom. The average molecular weight is 375 g/mol. The van der Waals surface area contributed by atoms with E-state index < -0.39 is 12.2 Å². The van der Waals surface area contributed by atoms with Crippen LogP contribution in [-0.2, 0) is 0 Å². The van der Waals surface area contributed by atoms with E-state index in [1.54, 1.807) is 8.87 Å². The molecule has 1 rings (SSSR count). The van der Waals surface area contributed by atoms with Gasteiger partial charge in [0.25, 0.3) is 0 Å². The summed E-state index contributed by atoms with van der Waals surface area (Å²) < 4.78 is 3.25. The van der Waals surface area contributed by atoms with Gasteiger partial charge in [0.05, 0.1) is 0 Å². The fraction of sp³-hybridized carbons (Fsp3) is 1.00. The fourth-order valence-corrected chi connectivity index (χ4v) is 6.30. The summed E-state index contributed by atoms with van der Waals surface area (Å²) in [6, 6.07) is 0. The fourth-order valence-electron chi connectivity index (χ4n) is 2.14. The van der Waals surface area contributed by atoms with E-state index in [1.807, 2.05) is 0 Å². The van der Waals surface area contributed by atoms with Gasteiger partial charge in [0.2, 0.25) is 0 Å². The zero-order chi connectivity index (χ0) is 14.3. The third-order valence-corrected chi connectivity index (χ3v) is 7.59. The molecule has 0 unspecified atom stereocenters. The summed E-state index contributed by atoms with van der Waals surface area (Å²) in [5.41, 5.74) is 0. The van der Waals surface area contributed by atoms with Crippen molar-refractivity contribution in [1.29, 1.82) is 0 Å². The molecular formula is C16H32O2Sn. The number of unbranched alkanes of at least 4 members (excludes halogenated alkanes) is 2. The van der Waals surface area contributed by atoms with Crippen LogP contribution in [0.4, 0.5) is 0 Å². The van der Waals surface area contributed by atoms with Crippen LogP contribution in [0.5, 0.6) is 0 Å². The van der Waals surface area contributed by atoms with Crippen molar-refractivity contribution in [3.63, 3.8) is 0 Å². The first-order chi connectivity index (χ1) is 9.22. The van der Waals surface area contributed by atoms with E-state index in [1.165, 1.54) is 25.7 Å². The smallest absolute Gasteiger partial charge is 0.0533 e. The van der Waals surface area contributed by atoms with Gasteiger partial charge in [0.15, 0.2) is 0 Å². The summed E-state index contributed by atoms with van der Waals surface area (Å²) in [6.45, 7) is 4.58. The molecule has 0 N–H and O–H groups in total. The molecular weight excluding hydrogens is 343 g/mol. The van der Waals surface area contributed by atoms with Crippen LogP contribution in [-0.4, -0.2) is 33.4 Å². The van der Waals surface area contributed by atoms with E-state index in [0.717, 1.165) is 25.7 Å². The molecule has 0 aliphatic heterocycles. The van der Waals surface area contributed by atoms with Crippen molar-refractivity contribution in [1.82, 2.24) is 0 Å². The summed E-state index contributed by atoms with van der Waals surface area (Å²) in [5, 5.41) is 21.9. The Balaban J connectivity index is 0.000000344. The van der Waals surface area contributed by atoms with Gasteiger partial charge in [-0.15, -0.1) is 12.2 Å². The van der Waals surface area contributed by atoms with Crippen molar-refractivity contribution < 1.29 is 10.2 Å². The van der Waals surface area contributed by atoms with Gasteiger partial charge in [0, 0.05) is 0 Å². The van der Waals surface area contributed by atoms with Crippen LogP contribution in [0.15, 0.2) is 0 Å². The molecule has 0 spiro atoms. The number of hydrogen-bond donors (Lipinski definition) is 0. The predicted octanol–water partition coefficient (Wildman–Crippen LogP) is 2.93. The average Bonchev–Trinajstić information content (AvgIpc) is 2.41. The van der Waals surface area contributed by atoms with Crippen LogP contribution in [0.3, 0.4) is 0 Å². The summed E-state index contributed by atoms with van der Waals surface area (Å²) in [4.78, 5) is 0. The standard InChI is InChI=1S/C8H14O2.2C4H9.Sn/c9-7-5-3-1-2-4-6-8(7)10;2*1-3-4-2;/h7-8H,1-6H2;2*1,3-4H2,2H3;/q-2;;;+2/t7-,8-;;;/m1.../s1. The molecule has 0 saturated heterocycles. The topological polar surface area (TPSA) is 46.1 Å². The van der Waals surface area contributed by atoms with Crippen LogP contribution >= 0.6 is 0 Å². The SMILES string of the molecule is CCC[CH2][Sn+2][CH2]CCC.[O-][C@@H]1CCCCCC[C@H]1[O-]. The molecule has 1 saturated carbocycles. The van der Waals surface area contributed by atoms with Crippen molar-refractivity contribution in [2.24, 2.45) is 0 Å². The minimum absolute atomic E-state index is 0.149. The number of hydrogen-bond acceptors (Lipinski definition) is 2. The quantitative estimate of drug-likeness (QED) is 0.530. The van der Waals surface area contributed by atoms with E-state index in [9.17, 15) is 10.2 Å². The first-order valence-corrected chi connectivity index (χ1v) is 12.3. The maximum atomic E-state index is 10.9. The molecule has 1 aliphatic carbocycles. The van der Waals surface area contributed by atoms with E-state index >= 15 is 0 Å². The van der Waals surface area contributed by atoms with Crippen molar-refractivity contribution in [2.75, 3.05) is 0 Å². The first kappa shape index (κ1) is 19.7. The molecule has 2 atom stereocenters. The predicted molar refractivity (Wildman–Crippen MR) is 80.5 cm³/mol. The van der Waals surface area contributed by atoms with Crippen LogP contribution in [0.2, 0.25) is 8.87 Å². The van der Waals surface area contributed by atoms with Crippen LogP contribution in [0.25, 0.3) is 0 Å². The molecule has 0 aromatic rings. The summed E-state index contributed by atoms with van der Waals surface area (Å²) in [6.07, 6.45) is 9.63. The van der Waals surface area contributed by atoms with Crippen LogP contribution in [0, 0.1) is 0 Å². The molecule has 3 heteroatoms. The van der Waals surface area contributed by atoms with Gasteiger partial charge < -0.3 is 10.2 Å². The first-order valence-electron chi connectivity index (χ1n) is 8.24. The second kappa shape index (κ2) is 15.1. The maximum absolute atomic E-state index is 10.9. The van der Waals surface area contributed by atoms with Crippen molar-refractivity contribution in [2.45, 2.75) is 99.1 Å². The van der Waals surface area contributed by atoms with Gasteiger partial charge in [-0.05, 0) is 0 Å². The monoisotopic (exact) mass is 376 g/mol. The van der Waals surface area contributed by atoms with E-state index in [4.69, 9.17) is 0 Å². The van der Waals surface area contributed by atoms with Crippen molar-refractivity contribution in [3.05, 3.63) is 0 Å². The molecule has 1 fully saturated rings. The molecule has 2 nitrogen and oxygen atoms in total. The molecule has 0 aromatic carbocycles. The Morgan fingerprint density at radius 1 is 0.789 bits per heavy atom. The largest absolute Gasteiger partial charge is 0.853 e. The zero-order valence-corrected chi connectivity index (χ0v) is 15.8. The van der Waals surface area contributed by atoms with Crippen LogP contribution < -0.4 is 10.2 Å². The van der Waals surface area contributed by atoms with Crippen LogP contribution in [0.1, 0.15) is 78.1 Å². The molecule has 1 aliphatic rings. The van der Waals surface area contributed by atoms with Crippen molar-refractivity contribution in [3.8, 4) is 0 Å². The normalized spacial score (nSPS) is 23.6. The Labute approximate surface area is 130 Å². The molecule has 0 bridgehead atoms. The third-order valence-electron chi connectivity index (χ3n) is 3.56. The van der Waals surface area contributed by atoms with E-state index in [0.29, 0.717) is 12.8 Å². The van der Waals surface area contributed by atoms with Gasteiger partial charge in [-0.25, -0.2) is 0 Å². The Kier molecular flexibility index (Phi) is 15.7. The minimum atomic E-state index is -0.819. The van der Waals surface area contributed by atoms with E-state index in [-0.39, 0.29) is 21.1 Å². The second-order valence-electron chi connectivity index (χ2n) is 5.53. The Bertz CT molecular complexity index is 158. The minimum Gasteiger partial charge on any atom is -0.853 e. The molecule has 0 amide bonds. The van der Waals surface area contributed by atoms with Gasteiger partial charge in [-0.2, -0.15) is 0 Å². The molecule has 19 heavy (non-hydrogen) atoms. The zero-order valence-electron chi connectivity index (χ0n) is 13.0. The number of rotatable bonds is 6. The van der Waals surface area contributed by atoms with Gasteiger partial charge in [0.1, 0.15) is 0 Å². The Morgan fingerprint density at radius 2 is 1.21 bits per heavy atom. The molecule has 0 radical (unpaired) electrons.